The van der Waals surface area contributed by atoms with Gasteiger partial charge in [-0.15, -0.1) is 6.58 Å². The third-order valence-corrected chi connectivity index (χ3v) is 9.59. The van der Waals surface area contributed by atoms with Gasteiger partial charge >= 0.3 is 0 Å². The molecule has 1 saturated carbocycles. The molecule has 1 amide bonds. The number of rotatable bonds is 14. The van der Waals surface area contributed by atoms with Crippen LogP contribution in [0.1, 0.15) is 76.3 Å². The Morgan fingerprint density at radius 2 is 1.90 bits per heavy atom. The Labute approximate surface area is 248 Å². The van der Waals surface area contributed by atoms with Crippen LogP contribution >= 0.6 is 0 Å². The molecule has 2 fully saturated rings. The Kier molecular flexibility index (Phi) is 11.1. The molecular formula is C36H52N2O3. The van der Waals surface area contributed by atoms with Crippen molar-refractivity contribution in [3.8, 4) is 5.75 Å². The number of ether oxygens (including phenoxy) is 2. The van der Waals surface area contributed by atoms with Crippen molar-refractivity contribution in [3.63, 3.8) is 0 Å². The second kappa shape index (κ2) is 14.5. The molecule has 2 aliphatic rings. The largest absolute Gasteiger partial charge is 0.497 e. The molecule has 1 saturated heterocycles. The number of benzene rings is 2. The predicted molar refractivity (Wildman–Crippen MR) is 168 cm³/mol. The number of hydrogen-bond donors (Lipinski definition) is 0. The molecule has 1 heterocycles. The van der Waals surface area contributed by atoms with E-state index in [1.807, 2.05) is 19.3 Å². The Morgan fingerprint density at radius 1 is 1.10 bits per heavy atom. The summed E-state index contributed by atoms with van der Waals surface area (Å²) in [5.74, 6) is 1.62. The minimum atomic E-state index is -0.318. The number of amides is 1. The molecule has 0 aromatic heterocycles. The Balaban J connectivity index is 1.54. The van der Waals surface area contributed by atoms with E-state index in [1.54, 1.807) is 7.11 Å². The summed E-state index contributed by atoms with van der Waals surface area (Å²) in [4.78, 5) is 18.6. The van der Waals surface area contributed by atoms with E-state index < -0.39 is 0 Å². The van der Waals surface area contributed by atoms with Crippen LogP contribution in [-0.2, 0) is 21.4 Å². The number of carbonyl (C=O) groups is 1. The van der Waals surface area contributed by atoms with Crippen molar-refractivity contribution in [2.24, 2.45) is 5.92 Å². The zero-order valence-corrected chi connectivity index (χ0v) is 25.9. The van der Waals surface area contributed by atoms with Gasteiger partial charge < -0.3 is 14.4 Å². The number of carbonyl (C=O) groups excluding carboxylic acids is 1. The zero-order chi connectivity index (χ0) is 29.3. The highest BCUT2D eigenvalue weighted by Gasteiger charge is 2.59. The second-order valence-electron chi connectivity index (χ2n) is 12.7. The molecule has 0 N–H and O–H groups in total. The first-order chi connectivity index (χ1) is 19.9. The van der Waals surface area contributed by atoms with Crippen LogP contribution in [0.5, 0.6) is 5.75 Å². The molecular weight excluding hydrogens is 508 g/mol. The highest BCUT2D eigenvalue weighted by Crippen LogP contribution is 2.54. The van der Waals surface area contributed by atoms with Crippen molar-refractivity contribution < 1.29 is 14.3 Å². The number of hydrogen-bond acceptors (Lipinski definition) is 4. The molecule has 2 aromatic carbocycles. The highest BCUT2D eigenvalue weighted by molar-refractivity contribution is 5.76. The maximum atomic E-state index is 13.9. The number of methoxy groups -OCH3 is 2. The van der Waals surface area contributed by atoms with Crippen molar-refractivity contribution in [1.29, 1.82) is 0 Å². The lowest BCUT2D eigenvalue weighted by Crippen LogP contribution is -2.68. The van der Waals surface area contributed by atoms with Crippen molar-refractivity contribution >= 4 is 5.91 Å². The van der Waals surface area contributed by atoms with Gasteiger partial charge in [-0.2, -0.15) is 0 Å². The predicted octanol–water partition coefficient (Wildman–Crippen LogP) is 7.05. The average Bonchev–Trinajstić information content (AvgIpc) is 3.00. The Morgan fingerprint density at radius 3 is 2.61 bits per heavy atom. The van der Waals surface area contributed by atoms with Gasteiger partial charge in [0.15, 0.2) is 0 Å². The van der Waals surface area contributed by atoms with Crippen LogP contribution in [-0.4, -0.2) is 67.7 Å². The van der Waals surface area contributed by atoms with E-state index in [1.165, 1.54) is 11.1 Å². The summed E-state index contributed by atoms with van der Waals surface area (Å²) in [6.07, 6.45) is 10.7. The third-order valence-electron chi connectivity index (χ3n) is 9.59. The smallest absolute Gasteiger partial charge is 0.222 e. The average molecular weight is 561 g/mol. The fourth-order valence-electron chi connectivity index (χ4n) is 7.51. The molecule has 2 aromatic rings. The van der Waals surface area contributed by atoms with Crippen LogP contribution < -0.4 is 4.74 Å². The van der Waals surface area contributed by atoms with E-state index in [4.69, 9.17) is 9.47 Å². The van der Waals surface area contributed by atoms with E-state index in [-0.39, 0.29) is 17.1 Å². The lowest BCUT2D eigenvalue weighted by molar-refractivity contribution is -0.161. The van der Waals surface area contributed by atoms with Gasteiger partial charge in [0.1, 0.15) is 5.75 Å². The van der Waals surface area contributed by atoms with Crippen LogP contribution in [0.2, 0.25) is 0 Å². The molecule has 3 atom stereocenters. The lowest BCUT2D eigenvalue weighted by Gasteiger charge is -2.60. The molecule has 1 aliphatic heterocycles. The van der Waals surface area contributed by atoms with Crippen molar-refractivity contribution in [2.75, 3.05) is 40.4 Å². The fourth-order valence-corrected chi connectivity index (χ4v) is 7.51. The van der Waals surface area contributed by atoms with Crippen LogP contribution in [0.25, 0.3) is 0 Å². The number of unbranched alkanes of at least 4 members (excludes halogenated alkanes) is 2. The summed E-state index contributed by atoms with van der Waals surface area (Å²) in [7, 11) is 3.62. The second-order valence-corrected chi connectivity index (χ2v) is 12.7. The van der Waals surface area contributed by atoms with Crippen LogP contribution in [0, 0.1) is 5.92 Å². The molecule has 1 aliphatic carbocycles. The normalized spacial score (nSPS) is 24.6. The van der Waals surface area contributed by atoms with Gasteiger partial charge in [0, 0.05) is 44.6 Å². The molecule has 224 valence electrons. The summed E-state index contributed by atoms with van der Waals surface area (Å²) < 4.78 is 12.2. The van der Waals surface area contributed by atoms with E-state index >= 15 is 0 Å². The number of nitrogens with zero attached hydrogens (tertiary/aromatic N) is 2. The SMILES string of the molecule is C=CCN1CC[C@@]2(c3cccc(OC)c3)C[C@H](N(CC(C)C)C(=O)CCCCCc3ccccc3)CC[C@]2(OC)C1. The molecule has 0 radical (unpaired) electrons. The third kappa shape index (κ3) is 7.24. The van der Waals surface area contributed by atoms with Crippen LogP contribution in [0.15, 0.2) is 67.3 Å². The molecule has 5 heteroatoms. The van der Waals surface area contributed by atoms with Gasteiger partial charge in [0.2, 0.25) is 5.91 Å². The van der Waals surface area contributed by atoms with E-state index in [2.05, 4.69) is 78.8 Å². The molecule has 0 unspecified atom stereocenters. The van der Waals surface area contributed by atoms with Gasteiger partial charge in [0.05, 0.1) is 12.7 Å². The first kappa shape index (κ1) is 31.3. The summed E-state index contributed by atoms with van der Waals surface area (Å²) in [6, 6.07) is 19.5. The minimum absolute atomic E-state index is 0.192. The van der Waals surface area contributed by atoms with Gasteiger partial charge in [0.25, 0.3) is 0 Å². The molecule has 5 nitrogen and oxygen atoms in total. The minimum Gasteiger partial charge on any atom is -0.497 e. The highest BCUT2D eigenvalue weighted by atomic mass is 16.5. The maximum Gasteiger partial charge on any atom is 0.222 e. The lowest BCUT2D eigenvalue weighted by atomic mass is 9.55. The molecule has 41 heavy (non-hydrogen) atoms. The number of piperidine rings is 1. The van der Waals surface area contributed by atoms with E-state index in [0.717, 1.165) is 83.3 Å². The van der Waals surface area contributed by atoms with Gasteiger partial charge in [-0.1, -0.05) is 68.8 Å². The first-order valence-corrected chi connectivity index (χ1v) is 15.7. The van der Waals surface area contributed by atoms with Crippen molar-refractivity contribution in [1.82, 2.24) is 9.80 Å². The molecule has 0 spiro atoms. The van der Waals surface area contributed by atoms with E-state index in [9.17, 15) is 4.79 Å². The zero-order valence-electron chi connectivity index (χ0n) is 25.9. The van der Waals surface area contributed by atoms with Crippen LogP contribution in [0.3, 0.4) is 0 Å². The number of likely N-dealkylation sites (tertiary alicyclic amines) is 1. The summed E-state index contributed by atoms with van der Waals surface area (Å²) in [5.41, 5.74) is 2.15. The quantitative estimate of drug-likeness (QED) is 0.183. The van der Waals surface area contributed by atoms with Crippen molar-refractivity contribution in [3.05, 3.63) is 78.4 Å². The maximum absolute atomic E-state index is 13.9. The number of fused-ring (bicyclic) bond motifs is 1. The van der Waals surface area contributed by atoms with Gasteiger partial charge in [-0.3, -0.25) is 9.69 Å². The Bertz CT molecular complexity index is 1120. The van der Waals surface area contributed by atoms with Crippen LogP contribution in [0.4, 0.5) is 0 Å². The van der Waals surface area contributed by atoms with Gasteiger partial charge in [-0.05, 0) is 80.7 Å². The van der Waals surface area contributed by atoms with Crippen molar-refractivity contribution in [2.45, 2.75) is 88.7 Å². The standard InChI is InChI=1S/C36H52N2O3/c1-6-23-37-24-22-35(31-17-13-18-33(25-31)40-4)26-32(20-21-36(35,28-37)41-5)38(27-29(2)3)34(39)19-12-8-11-16-30-14-9-7-10-15-30/h6-7,9-10,13-15,17-18,25,29,32H,1,8,11-12,16,19-24,26-28H2,2-5H3/t32-,35+,36+/m1/s1. The fraction of sp³-hybridized carbons (Fsp3) is 0.583. The molecule has 0 bridgehead atoms. The summed E-state index contributed by atoms with van der Waals surface area (Å²) >= 11 is 0. The summed E-state index contributed by atoms with van der Waals surface area (Å²) in [6.45, 7) is 12.0. The first-order valence-electron chi connectivity index (χ1n) is 15.7. The topological polar surface area (TPSA) is 42.0 Å². The molecule has 4 rings (SSSR count). The number of aryl methyl sites for hydroxylation is 1. The van der Waals surface area contributed by atoms with Gasteiger partial charge in [-0.25, -0.2) is 0 Å². The Hall–Kier alpha value is -2.63. The summed E-state index contributed by atoms with van der Waals surface area (Å²) in [5, 5.41) is 0. The van der Waals surface area contributed by atoms with E-state index in [0.29, 0.717) is 18.2 Å². The monoisotopic (exact) mass is 560 g/mol.